The van der Waals surface area contributed by atoms with Crippen LogP contribution in [0.3, 0.4) is 0 Å². The molecular formula is C14H28N4O2. The van der Waals surface area contributed by atoms with E-state index in [2.05, 4.69) is 15.1 Å². The number of rotatable bonds is 4. The van der Waals surface area contributed by atoms with Gasteiger partial charge in [-0.05, 0) is 13.8 Å². The smallest absolute Gasteiger partial charge is 0.236 e. The maximum absolute atomic E-state index is 12.3. The van der Waals surface area contributed by atoms with Crippen LogP contribution in [0, 0.1) is 0 Å². The number of aliphatic hydroxyl groups is 1. The van der Waals surface area contributed by atoms with Crippen molar-refractivity contribution in [2.45, 2.75) is 19.4 Å². The third kappa shape index (κ3) is 5.01. The van der Waals surface area contributed by atoms with Gasteiger partial charge in [-0.25, -0.2) is 0 Å². The van der Waals surface area contributed by atoms with E-state index in [1.807, 2.05) is 18.7 Å². The van der Waals surface area contributed by atoms with Gasteiger partial charge in [0.2, 0.25) is 5.91 Å². The van der Waals surface area contributed by atoms with Gasteiger partial charge in [-0.2, -0.15) is 0 Å². The molecule has 2 saturated heterocycles. The van der Waals surface area contributed by atoms with E-state index < -0.39 is 5.60 Å². The average molecular weight is 284 g/mol. The van der Waals surface area contributed by atoms with Gasteiger partial charge in [0.05, 0.1) is 12.1 Å². The molecule has 2 fully saturated rings. The van der Waals surface area contributed by atoms with E-state index in [0.29, 0.717) is 13.1 Å². The van der Waals surface area contributed by atoms with Crippen molar-refractivity contribution in [1.82, 2.24) is 20.0 Å². The highest BCUT2D eigenvalue weighted by Gasteiger charge is 2.25. The lowest BCUT2D eigenvalue weighted by molar-refractivity contribution is -0.134. The molecule has 6 heteroatoms. The minimum atomic E-state index is -0.660. The maximum atomic E-state index is 12.3. The monoisotopic (exact) mass is 284 g/mol. The van der Waals surface area contributed by atoms with Crippen LogP contribution < -0.4 is 5.32 Å². The fraction of sp³-hybridized carbons (Fsp3) is 0.929. The Hall–Kier alpha value is -0.690. The van der Waals surface area contributed by atoms with E-state index in [9.17, 15) is 9.90 Å². The van der Waals surface area contributed by atoms with Crippen LogP contribution in [-0.2, 0) is 4.79 Å². The van der Waals surface area contributed by atoms with Gasteiger partial charge in [0.1, 0.15) is 0 Å². The number of β-amino-alcohol motifs (C(OH)–C–C–N with tert-alkyl or cyclic N) is 1. The third-order valence-corrected chi connectivity index (χ3v) is 3.90. The number of carbonyl (C=O) groups excluding carboxylic acids is 1. The topological polar surface area (TPSA) is 59.1 Å². The molecule has 0 aromatic heterocycles. The van der Waals surface area contributed by atoms with E-state index in [4.69, 9.17) is 0 Å². The number of amides is 1. The first-order valence-electron chi connectivity index (χ1n) is 7.60. The van der Waals surface area contributed by atoms with Gasteiger partial charge in [-0.15, -0.1) is 0 Å². The molecule has 2 rings (SSSR count). The highest BCUT2D eigenvalue weighted by Crippen LogP contribution is 2.09. The number of carbonyl (C=O) groups is 1. The van der Waals surface area contributed by atoms with Crippen molar-refractivity contribution in [3.05, 3.63) is 0 Å². The third-order valence-electron chi connectivity index (χ3n) is 3.90. The zero-order valence-electron chi connectivity index (χ0n) is 12.8. The van der Waals surface area contributed by atoms with Gasteiger partial charge in [0, 0.05) is 58.9 Å². The summed E-state index contributed by atoms with van der Waals surface area (Å²) in [6, 6.07) is 0. The molecule has 0 atom stereocenters. The number of nitrogens with one attached hydrogen (secondary N) is 1. The number of nitrogens with zero attached hydrogens (tertiary/aromatic N) is 3. The van der Waals surface area contributed by atoms with Crippen molar-refractivity contribution in [3.8, 4) is 0 Å². The minimum Gasteiger partial charge on any atom is -0.389 e. The Labute approximate surface area is 121 Å². The highest BCUT2D eigenvalue weighted by molar-refractivity contribution is 5.78. The first-order chi connectivity index (χ1) is 9.44. The van der Waals surface area contributed by atoms with Gasteiger partial charge >= 0.3 is 0 Å². The van der Waals surface area contributed by atoms with E-state index in [1.54, 1.807) is 0 Å². The van der Waals surface area contributed by atoms with Crippen LogP contribution in [0.5, 0.6) is 0 Å². The molecule has 20 heavy (non-hydrogen) atoms. The Morgan fingerprint density at radius 3 is 2.20 bits per heavy atom. The summed E-state index contributed by atoms with van der Waals surface area (Å²) in [5.74, 6) is 0.245. The van der Waals surface area contributed by atoms with E-state index >= 15 is 0 Å². The lowest BCUT2D eigenvalue weighted by Crippen LogP contribution is -2.54. The maximum Gasteiger partial charge on any atom is 0.236 e. The van der Waals surface area contributed by atoms with Crippen LogP contribution in [0.15, 0.2) is 0 Å². The second kappa shape index (κ2) is 6.85. The fourth-order valence-electron chi connectivity index (χ4n) is 2.86. The average Bonchev–Trinajstić information content (AvgIpc) is 2.39. The van der Waals surface area contributed by atoms with Crippen molar-refractivity contribution in [2.75, 3.05) is 65.4 Å². The molecule has 0 aromatic carbocycles. The largest absolute Gasteiger partial charge is 0.389 e. The van der Waals surface area contributed by atoms with E-state index in [1.165, 1.54) is 0 Å². The lowest BCUT2D eigenvalue weighted by atomic mass is 10.1. The van der Waals surface area contributed by atoms with Crippen molar-refractivity contribution in [1.29, 1.82) is 0 Å². The Morgan fingerprint density at radius 1 is 1.05 bits per heavy atom. The highest BCUT2D eigenvalue weighted by atomic mass is 16.3. The van der Waals surface area contributed by atoms with Crippen molar-refractivity contribution < 1.29 is 9.90 Å². The quantitative estimate of drug-likeness (QED) is 0.680. The SMILES string of the molecule is CC(C)(O)CN1CCN(C(=O)CN2CCNCC2)CC1. The summed E-state index contributed by atoms with van der Waals surface area (Å²) in [4.78, 5) is 18.7. The number of piperazine rings is 2. The molecule has 1 amide bonds. The molecule has 2 aliphatic rings. The standard InChI is InChI=1S/C14H28N4O2/c1-14(2,20)12-17-7-9-18(10-8-17)13(19)11-16-5-3-15-4-6-16/h15,20H,3-12H2,1-2H3. The summed E-state index contributed by atoms with van der Waals surface area (Å²) in [6.45, 7) is 12.0. The summed E-state index contributed by atoms with van der Waals surface area (Å²) < 4.78 is 0. The summed E-state index contributed by atoms with van der Waals surface area (Å²) in [6.07, 6.45) is 0. The zero-order valence-corrected chi connectivity index (χ0v) is 12.8. The summed E-state index contributed by atoms with van der Waals surface area (Å²) in [7, 11) is 0. The van der Waals surface area contributed by atoms with Gasteiger partial charge in [-0.1, -0.05) is 0 Å². The van der Waals surface area contributed by atoms with Gasteiger partial charge in [-0.3, -0.25) is 14.6 Å². The predicted molar refractivity (Wildman–Crippen MR) is 78.6 cm³/mol. The Kier molecular flexibility index (Phi) is 5.37. The first-order valence-corrected chi connectivity index (χ1v) is 7.60. The molecule has 2 aliphatic heterocycles. The summed E-state index contributed by atoms with van der Waals surface area (Å²) >= 11 is 0. The Balaban J connectivity index is 1.71. The Bertz CT molecular complexity index is 316. The minimum absolute atomic E-state index is 0.245. The first kappa shape index (κ1) is 15.7. The molecule has 2 N–H and O–H groups in total. The fourth-order valence-corrected chi connectivity index (χ4v) is 2.86. The molecular weight excluding hydrogens is 256 g/mol. The van der Waals surface area contributed by atoms with E-state index in [-0.39, 0.29) is 5.91 Å². The predicted octanol–water partition coefficient (Wildman–Crippen LogP) is -1.19. The molecule has 0 bridgehead atoms. The molecule has 0 saturated carbocycles. The van der Waals surface area contributed by atoms with Gasteiger partial charge < -0.3 is 15.3 Å². The Morgan fingerprint density at radius 2 is 1.65 bits per heavy atom. The molecule has 2 heterocycles. The van der Waals surface area contributed by atoms with Crippen molar-refractivity contribution >= 4 is 5.91 Å². The molecule has 0 aliphatic carbocycles. The zero-order chi connectivity index (χ0) is 14.6. The molecule has 0 unspecified atom stereocenters. The summed E-state index contributed by atoms with van der Waals surface area (Å²) in [5.41, 5.74) is -0.660. The van der Waals surface area contributed by atoms with Gasteiger partial charge in [0.25, 0.3) is 0 Å². The lowest BCUT2D eigenvalue weighted by Gasteiger charge is -2.38. The molecule has 116 valence electrons. The van der Waals surface area contributed by atoms with Gasteiger partial charge in [0.15, 0.2) is 0 Å². The summed E-state index contributed by atoms with van der Waals surface area (Å²) in [5, 5.41) is 13.1. The van der Waals surface area contributed by atoms with Crippen LogP contribution in [0.25, 0.3) is 0 Å². The normalized spacial score (nSPS) is 23.1. The van der Waals surface area contributed by atoms with Crippen LogP contribution in [0.4, 0.5) is 0 Å². The molecule has 0 aromatic rings. The number of hydrogen-bond donors (Lipinski definition) is 2. The van der Waals surface area contributed by atoms with Crippen molar-refractivity contribution in [2.24, 2.45) is 0 Å². The van der Waals surface area contributed by atoms with Crippen LogP contribution >= 0.6 is 0 Å². The van der Waals surface area contributed by atoms with E-state index in [0.717, 1.165) is 52.4 Å². The second-order valence-electron chi connectivity index (χ2n) is 6.50. The van der Waals surface area contributed by atoms with Crippen LogP contribution in [0.1, 0.15) is 13.8 Å². The second-order valence-corrected chi connectivity index (χ2v) is 6.50. The molecule has 6 nitrogen and oxygen atoms in total. The van der Waals surface area contributed by atoms with Crippen LogP contribution in [0.2, 0.25) is 0 Å². The van der Waals surface area contributed by atoms with Crippen molar-refractivity contribution in [3.63, 3.8) is 0 Å². The van der Waals surface area contributed by atoms with Crippen LogP contribution in [-0.4, -0.2) is 96.8 Å². The molecule has 0 spiro atoms. The molecule has 0 radical (unpaired) electrons. The number of hydrogen-bond acceptors (Lipinski definition) is 5.